The highest BCUT2D eigenvalue weighted by Crippen LogP contribution is 1.83. The summed E-state index contributed by atoms with van der Waals surface area (Å²) in [6.07, 6.45) is 3.05. The van der Waals surface area contributed by atoms with Crippen LogP contribution in [0.2, 0.25) is 0 Å². The van der Waals surface area contributed by atoms with Crippen molar-refractivity contribution >= 4 is 21.9 Å². The summed E-state index contributed by atoms with van der Waals surface area (Å²) in [7, 11) is 0. The molecule has 0 aliphatic rings. The first-order chi connectivity index (χ1) is 3.77. The highest BCUT2D eigenvalue weighted by atomic mass is 79.9. The third-order valence-electron chi connectivity index (χ3n) is 0.419. The Kier molecular flexibility index (Phi) is 4.65. The largest absolute Gasteiger partial charge is 0.435 e. The molecule has 0 saturated heterocycles. The summed E-state index contributed by atoms with van der Waals surface area (Å²) in [5.74, 6) is -0.290. The van der Waals surface area contributed by atoms with E-state index in [0.29, 0.717) is 5.33 Å². The number of rotatable bonds is 2. The monoisotopic (exact) mass is 178 g/mol. The molecule has 0 bridgehead atoms. The van der Waals surface area contributed by atoms with Crippen LogP contribution in [-0.2, 0) is 9.53 Å². The van der Waals surface area contributed by atoms with Gasteiger partial charge in [-0.3, -0.25) is 4.79 Å². The second kappa shape index (κ2) is 4.84. The molecule has 8 heavy (non-hydrogen) atoms. The highest BCUT2D eigenvalue weighted by Gasteiger charge is 1.81. The zero-order valence-electron chi connectivity index (χ0n) is 4.56. The van der Waals surface area contributed by atoms with Gasteiger partial charge in [0.15, 0.2) is 0 Å². The van der Waals surface area contributed by atoms with Gasteiger partial charge in [0, 0.05) is 12.3 Å². The molecule has 0 unspecified atom stereocenters. The van der Waals surface area contributed by atoms with E-state index in [2.05, 4.69) is 20.7 Å². The van der Waals surface area contributed by atoms with Gasteiger partial charge in [-0.25, -0.2) is 0 Å². The number of ether oxygens (including phenoxy) is 1. The van der Waals surface area contributed by atoms with Crippen LogP contribution in [0.15, 0.2) is 12.3 Å². The molecule has 0 amide bonds. The molecule has 0 N–H and O–H groups in total. The van der Waals surface area contributed by atoms with E-state index in [-0.39, 0.29) is 5.97 Å². The first kappa shape index (κ1) is 7.69. The minimum Gasteiger partial charge on any atom is -0.435 e. The van der Waals surface area contributed by atoms with E-state index in [0.717, 1.165) is 0 Å². The second-order valence-corrected chi connectivity index (χ2v) is 1.78. The molecule has 0 radical (unpaired) electrons. The van der Waals surface area contributed by atoms with Gasteiger partial charge in [-0.05, 0) is 6.08 Å². The average Bonchev–Trinajstić information content (AvgIpc) is 1.66. The maximum Gasteiger partial charge on any atom is 0.307 e. The van der Waals surface area contributed by atoms with Crippen molar-refractivity contribution in [1.29, 1.82) is 0 Å². The number of carbonyl (C=O) groups is 1. The molecule has 0 heterocycles. The molecule has 0 spiro atoms. The lowest BCUT2D eigenvalue weighted by Crippen LogP contribution is -1.88. The lowest BCUT2D eigenvalue weighted by atomic mass is 10.7. The maximum atomic E-state index is 10.0. The van der Waals surface area contributed by atoms with Crippen molar-refractivity contribution in [1.82, 2.24) is 0 Å². The molecule has 0 aromatic carbocycles. The predicted molar refractivity (Wildman–Crippen MR) is 34.7 cm³/mol. The first-order valence-electron chi connectivity index (χ1n) is 2.15. The molecule has 3 heteroatoms. The average molecular weight is 179 g/mol. The van der Waals surface area contributed by atoms with E-state index in [1.54, 1.807) is 6.08 Å². The lowest BCUT2D eigenvalue weighted by molar-refractivity contribution is -0.135. The number of hydrogen-bond donors (Lipinski definition) is 0. The smallest absolute Gasteiger partial charge is 0.307 e. The summed E-state index contributed by atoms with van der Waals surface area (Å²) >= 11 is 3.12. The molecule has 0 fully saturated rings. The molecule has 46 valence electrons. The number of alkyl halides is 1. The minimum absolute atomic E-state index is 0.290. The topological polar surface area (TPSA) is 26.3 Å². The molecule has 0 atom stereocenters. The summed E-state index contributed by atoms with van der Waals surface area (Å²) in [5, 5.41) is 0.709. The Bertz CT molecular complexity index is 98.6. The molecular formula is C5H7BrO2. The van der Waals surface area contributed by atoms with E-state index in [1.807, 2.05) is 0 Å². The zero-order valence-corrected chi connectivity index (χ0v) is 6.14. The van der Waals surface area contributed by atoms with Crippen LogP contribution in [-0.4, -0.2) is 11.3 Å². The van der Waals surface area contributed by atoms with Gasteiger partial charge in [-0.15, -0.1) is 0 Å². The van der Waals surface area contributed by atoms with Crippen molar-refractivity contribution in [2.24, 2.45) is 0 Å². The number of carbonyl (C=O) groups excluding carboxylic acids is 1. The van der Waals surface area contributed by atoms with Crippen molar-refractivity contribution in [2.75, 3.05) is 5.33 Å². The fraction of sp³-hybridized carbons (Fsp3) is 0.400. The van der Waals surface area contributed by atoms with Crippen molar-refractivity contribution in [3.05, 3.63) is 12.3 Å². The van der Waals surface area contributed by atoms with Gasteiger partial charge >= 0.3 is 5.97 Å². The SMILES string of the molecule is CC(=O)O/C=C/CBr. The zero-order chi connectivity index (χ0) is 6.41. The minimum atomic E-state index is -0.290. The first-order valence-corrected chi connectivity index (χ1v) is 3.27. The van der Waals surface area contributed by atoms with Crippen molar-refractivity contribution < 1.29 is 9.53 Å². The Balaban J connectivity index is 3.16. The van der Waals surface area contributed by atoms with Gasteiger partial charge in [0.25, 0.3) is 0 Å². The Morgan fingerprint density at radius 1 is 1.88 bits per heavy atom. The lowest BCUT2D eigenvalue weighted by Gasteiger charge is -1.86. The number of halogens is 1. The standard InChI is InChI=1S/C5H7BrO2/c1-5(7)8-4-2-3-6/h2,4H,3H2,1H3/b4-2+. The summed E-state index contributed by atoms with van der Waals surface area (Å²) < 4.78 is 4.43. The van der Waals surface area contributed by atoms with Gasteiger partial charge in [0.1, 0.15) is 0 Å². The Morgan fingerprint density at radius 3 is 2.88 bits per heavy atom. The van der Waals surface area contributed by atoms with Crippen LogP contribution in [0.3, 0.4) is 0 Å². The van der Waals surface area contributed by atoms with Crippen LogP contribution in [0.1, 0.15) is 6.92 Å². The normalized spacial score (nSPS) is 9.75. The fourth-order valence-corrected chi connectivity index (χ4v) is 0.333. The van der Waals surface area contributed by atoms with Gasteiger partial charge in [0.2, 0.25) is 0 Å². The molecule has 0 aliphatic carbocycles. The molecule has 0 aromatic heterocycles. The summed E-state index contributed by atoms with van der Waals surface area (Å²) in [6.45, 7) is 1.36. The van der Waals surface area contributed by atoms with Crippen molar-refractivity contribution in [3.63, 3.8) is 0 Å². The van der Waals surface area contributed by atoms with Crippen LogP contribution < -0.4 is 0 Å². The molecule has 2 nitrogen and oxygen atoms in total. The molecule has 0 aromatic rings. The quantitative estimate of drug-likeness (QED) is 0.364. The summed E-state index contributed by atoms with van der Waals surface area (Å²) in [5.41, 5.74) is 0. The van der Waals surface area contributed by atoms with Gasteiger partial charge in [-0.2, -0.15) is 0 Å². The number of esters is 1. The highest BCUT2D eigenvalue weighted by molar-refractivity contribution is 9.09. The van der Waals surface area contributed by atoms with Crippen LogP contribution in [0.5, 0.6) is 0 Å². The van der Waals surface area contributed by atoms with Crippen molar-refractivity contribution in [3.8, 4) is 0 Å². The fourth-order valence-electron chi connectivity index (χ4n) is 0.180. The third-order valence-corrected chi connectivity index (χ3v) is 0.793. The molecule has 0 aliphatic heterocycles. The van der Waals surface area contributed by atoms with Crippen LogP contribution in [0, 0.1) is 0 Å². The van der Waals surface area contributed by atoms with Gasteiger partial charge in [0.05, 0.1) is 6.26 Å². The Labute approximate surface area is 56.7 Å². The Morgan fingerprint density at radius 2 is 2.50 bits per heavy atom. The van der Waals surface area contributed by atoms with Crippen LogP contribution >= 0.6 is 15.9 Å². The summed E-state index contributed by atoms with van der Waals surface area (Å²) in [4.78, 5) is 10.0. The van der Waals surface area contributed by atoms with Crippen molar-refractivity contribution in [2.45, 2.75) is 6.92 Å². The van der Waals surface area contributed by atoms with E-state index in [9.17, 15) is 4.79 Å². The van der Waals surface area contributed by atoms with E-state index >= 15 is 0 Å². The number of hydrogen-bond acceptors (Lipinski definition) is 2. The summed E-state index contributed by atoms with van der Waals surface area (Å²) in [6, 6.07) is 0. The predicted octanol–water partition coefficient (Wildman–Crippen LogP) is 1.46. The van der Waals surface area contributed by atoms with E-state index in [4.69, 9.17) is 0 Å². The van der Waals surface area contributed by atoms with Crippen LogP contribution in [0.4, 0.5) is 0 Å². The molecule has 0 rings (SSSR count). The van der Waals surface area contributed by atoms with E-state index < -0.39 is 0 Å². The van der Waals surface area contributed by atoms with Gasteiger partial charge < -0.3 is 4.74 Å². The van der Waals surface area contributed by atoms with Crippen LogP contribution in [0.25, 0.3) is 0 Å². The molecular weight excluding hydrogens is 172 g/mol. The maximum absolute atomic E-state index is 10.0. The second-order valence-electron chi connectivity index (χ2n) is 1.14. The van der Waals surface area contributed by atoms with Gasteiger partial charge in [-0.1, -0.05) is 15.9 Å². The van der Waals surface area contributed by atoms with E-state index in [1.165, 1.54) is 13.2 Å². The molecule has 0 saturated carbocycles. The Hall–Kier alpha value is -0.310. The number of allylic oxidation sites excluding steroid dienone is 1. The third kappa shape index (κ3) is 5.69.